The molecule has 2 aliphatic rings. The number of fused-ring (bicyclic) bond motifs is 1. The van der Waals surface area contributed by atoms with Crippen molar-refractivity contribution in [3.05, 3.63) is 77.2 Å². The highest BCUT2D eigenvalue weighted by Gasteiger charge is 2.43. The maximum atomic E-state index is 13.1. The molecule has 0 unspecified atom stereocenters. The molecule has 148 valence electrons. The van der Waals surface area contributed by atoms with Crippen LogP contribution in [0.1, 0.15) is 40.0 Å². The van der Waals surface area contributed by atoms with Crippen LogP contribution >= 0.6 is 0 Å². The molecular formula is C22H21N3O3S. The molecule has 5 rings (SSSR count). The van der Waals surface area contributed by atoms with Gasteiger partial charge in [-0.1, -0.05) is 30.3 Å². The summed E-state index contributed by atoms with van der Waals surface area (Å²) in [5.74, 6) is -0.141. The van der Waals surface area contributed by atoms with E-state index in [9.17, 15) is 13.2 Å². The lowest BCUT2D eigenvalue weighted by atomic mass is 9.94. The van der Waals surface area contributed by atoms with E-state index in [4.69, 9.17) is 0 Å². The molecule has 0 radical (unpaired) electrons. The first kappa shape index (κ1) is 18.3. The van der Waals surface area contributed by atoms with Gasteiger partial charge in [0.1, 0.15) is 0 Å². The molecule has 1 N–H and O–H groups in total. The zero-order chi connectivity index (χ0) is 20.0. The normalized spacial score (nSPS) is 17.3. The highest BCUT2D eigenvalue weighted by Crippen LogP contribution is 2.37. The van der Waals surface area contributed by atoms with Gasteiger partial charge in [0.2, 0.25) is 10.0 Å². The Labute approximate surface area is 169 Å². The lowest BCUT2D eigenvalue weighted by Crippen LogP contribution is -2.41. The van der Waals surface area contributed by atoms with Crippen LogP contribution in [0, 0.1) is 0 Å². The number of aromatic amines is 1. The van der Waals surface area contributed by atoms with Gasteiger partial charge in [-0.25, -0.2) is 8.42 Å². The number of pyridine rings is 1. The highest BCUT2D eigenvalue weighted by atomic mass is 32.2. The van der Waals surface area contributed by atoms with E-state index in [1.807, 2.05) is 42.5 Å². The van der Waals surface area contributed by atoms with E-state index in [0.29, 0.717) is 30.5 Å². The average molecular weight is 407 g/mol. The summed E-state index contributed by atoms with van der Waals surface area (Å²) in [5, 5.41) is -0.324. The second-order valence-corrected chi connectivity index (χ2v) is 9.88. The highest BCUT2D eigenvalue weighted by molar-refractivity contribution is 7.90. The van der Waals surface area contributed by atoms with E-state index in [-0.39, 0.29) is 24.1 Å². The van der Waals surface area contributed by atoms with Crippen LogP contribution in [0.4, 0.5) is 0 Å². The van der Waals surface area contributed by atoms with E-state index in [2.05, 4.69) is 9.97 Å². The number of H-pyrrole nitrogens is 1. The third kappa shape index (κ3) is 3.30. The summed E-state index contributed by atoms with van der Waals surface area (Å²) < 4.78 is 26.8. The van der Waals surface area contributed by atoms with Crippen LogP contribution < -0.4 is 0 Å². The second kappa shape index (κ2) is 6.93. The monoisotopic (exact) mass is 407 g/mol. The van der Waals surface area contributed by atoms with Gasteiger partial charge in [0.15, 0.2) is 5.78 Å². The van der Waals surface area contributed by atoms with Crippen molar-refractivity contribution in [2.45, 2.75) is 31.1 Å². The first-order valence-electron chi connectivity index (χ1n) is 9.74. The van der Waals surface area contributed by atoms with E-state index in [0.717, 1.165) is 22.4 Å². The van der Waals surface area contributed by atoms with E-state index >= 15 is 0 Å². The zero-order valence-electron chi connectivity index (χ0n) is 15.8. The van der Waals surface area contributed by atoms with Gasteiger partial charge < -0.3 is 4.98 Å². The number of sulfonamides is 1. The molecule has 3 heterocycles. The third-order valence-electron chi connectivity index (χ3n) is 5.61. The standard InChI is InChI=1S/C22H21N3O3S/c26-20-14-25(29(27,28)17-6-7-17)13-19-21(20)18(12-15-4-2-1-3-5-15)22(24-19)16-8-10-23-11-9-16/h1-5,8-11,17,24H,6-7,12-14H2. The summed E-state index contributed by atoms with van der Waals surface area (Å²) in [5.41, 5.74) is 5.15. The van der Waals surface area contributed by atoms with Crippen LogP contribution in [0.15, 0.2) is 54.9 Å². The largest absolute Gasteiger partial charge is 0.356 e. The Balaban J connectivity index is 1.61. The van der Waals surface area contributed by atoms with Crippen molar-refractivity contribution in [3.8, 4) is 11.3 Å². The number of nitrogens with one attached hydrogen (secondary N) is 1. The number of hydrogen-bond acceptors (Lipinski definition) is 4. The molecule has 0 amide bonds. The fourth-order valence-corrected chi connectivity index (χ4v) is 5.78. The number of rotatable bonds is 5. The maximum Gasteiger partial charge on any atom is 0.217 e. The summed E-state index contributed by atoms with van der Waals surface area (Å²) in [4.78, 5) is 20.6. The molecule has 6 nitrogen and oxygen atoms in total. The van der Waals surface area contributed by atoms with Crippen molar-refractivity contribution in [3.63, 3.8) is 0 Å². The predicted molar refractivity (Wildman–Crippen MR) is 110 cm³/mol. The van der Waals surface area contributed by atoms with Gasteiger partial charge in [-0.3, -0.25) is 9.78 Å². The molecule has 1 aliphatic heterocycles. The molecule has 0 bridgehead atoms. The number of benzene rings is 1. The summed E-state index contributed by atoms with van der Waals surface area (Å²) in [6.45, 7) is 0.133. The van der Waals surface area contributed by atoms with Gasteiger partial charge in [0.05, 0.1) is 24.0 Å². The Hall–Kier alpha value is -2.77. The third-order valence-corrected chi connectivity index (χ3v) is 7.90. The first-order chi connectivity index (χ1) is 14.0. The molecule has 1 aromatic carbocycles. The van der Waals surface area contributed by atoms with Crippen LogP contribution in [0.25, 0.3) is 11.3 Å². The number of Topliss-reactive ketones (excluding diaryl/α,β-unsaturated/α-hetero) is 1. The Bertz CT molecular complexity index is 1170. The van der Waals surface area contributed by atoms with Gasteiger partial charge in [-0.2, -0.15) is 4.31 Å². The van der Waals surface area contributed by atoms with Crippen molar-refractivity contribution in [1.29, 1.82) is 0 Å². The predicted octanol–water partition coefficient (Wildman–Crippen LogP) is 3.16. The van der Waals surface area contributed by atoms with Crippen molar-refractivity contribution >= 4 is 15.8 Å². The minimum atomic E-state index is -3.41. The molecule has 0 atom stereocenters. The molecule has 0 saturated heterocycles. The minimum Gasteiger partial charge on any atom is -0.356 e. The lowest BCUT2D eigenvalue weighted by Gasteiger charge is -2.25. The van der Waals surface area contributed by atoms with Gasteiger partial charge in [0, 0.05) is 35.6 Å². The number of hydrogen-bond donors (Lipinski definition) is 1. The molecule has 7 heteroatoms. The molecule has 1 aliphatic carbocycles. The van der Waals surface area contributed by atoms with Crippen molar-refractivity contribution < 1.29 is 13.2 Å². The van der Waals surface area contributed by atoms with Gasteiger partial charge in [-0.15, -0.1) is 0 Å². The SMILES string of the molecule is O=C1CN(S(=O)(=O)C2CC2)Cc2[nH]c(-c3ccncc3)c(Cc3ccccc3)c21. The Morgan fingerprint density at radius 1 is 1.03 bits per heavy atom. The average Bonchev–Trinajstić information content (AvgIpc) is 3.53. The summed E-state index contributed by atoms with van der Waals surface area (Å²) in [6, 6.07) is 13.8. The molecule has 3 aromatic rings. The van der Waals surface area contributed by atoms with E-state index < -0.39 is 10.0 Å². The molecule has 1 saturated carbocycles. The fraction of sp³-hybridized carbons (Fsp3) is 0.273. The minimum absolute atomic E-state index is 0.0821. The van der Waals surface area contributed by atoms with Crippen LogP contribution in [0.3, 0.4) is 0 Å². The molecule has 29 heavy (non-hydrogen) atoms. The number of ketones is 1. The van der Waals surface area contributed by atoms with Crippen LogP contribution in [-0.4, -0.2) is 40.3 Å². The van der Waals surface area contributed by atoms with Gasteiger partial charge >= 0.3 is 0 Å². The lowest BCUT2D eigenvalue weighted by molar-refractivity contribution is 0.0948. The molecule has 0 spiro atoms. The number of carbonyl (C=O) groups excluding carboxylic acids is 1. The van der Waals surface area contributed by atoms with Crippen LogP contribution in [-0.2, 0) is 23.0 Å². The topological polar surface area (TPSA) is 83.1 Å². The van der Waals surface area contributed by atoms with Crippen molar-refractivity contribution in [2.75, 3.05) is 6.54 Å². The van der Waals surface area contributed by atoms with Crippen molar-refractivity contribution in [1.82, 2.24) is 14.3 Å². The van der Waals surface area contributed by atoms with Gasteiger partial charge in [-0.05, 0) is 36.1 Å². The molecular weight excluding hydrogens is 386 g/mol. The summed E-state index contributed by atoms with van der Waals surface area (Å²) >= 11 is 0. The Morgan fingerprint density at radius 3 is 2.45 bits per heavy atom. The second-order valence-electron chi connectivity index (χ2n) is 7.67. The zero-order valence-corrected chi connectivity index (χ0v) is 16.7. The quantitative estimate of drug-likeness (QED) is 0.704. The Kier molecular flexibility index (Phi) is 4.37. The van der Waals surface area contributed by atoms with Crippen molar-refractivity contribution in [2.24, 2.45) is 0 Å². The summed E-state index contributed by atoms with van der Waals surface area (Å²) in [7, 11) is -3.41. The first-order valence-corrected chi connectivity index (χ1v) is 11.2. The van der Waals surface area contributed by atoms with E-state index in [1.54, 1.807) is 12.4 Å². The molecule has 2 aromatic heterocycles. The van der Waals surface area contributed by atoms with E-state index in [1.165, 1.54) is 4.31 Å². The Morgan fingerprint density at radius 2 is 1.76 bits per heavy atom. The maximum absolute atomic E-state index is 13.1. The smallest absolute Gasteiger partial charge is 0.217 e. The number of nitrogens with zero attached hydrogens (tertiary/aromatic N) is 2. The number of aromatic nitrogens is 2. The van der Waals surface area contributed by atoms with Crippen LogP contribution in [0.2, 0.25) is 0 Å². The van der Waals surface area contributed by atoms with Gasteiger partial charge in [0.25, 0.3) is 0 Å². The fourth-order valence-electron chi connectivity index (χ4n) is 4.02. The van der Waals surface area contributed by atoms with Crippen LogP contribution in [0.5, 0.6) is 0 Å². The molecule has 1 fully saturated rings. The number of carbonyl (C=O) groups is 1. The summed E-state index contributed by atoms with van der Waals surface area (Å²) in [6.07, 6.45) is 5.41.